The molecule has 53 heavy (non-hydrogen) atoms. The Bertz CT molecular complexity index is 2680. The Morgan fingerprint density at radius 1 is 0.264 bits per heavy atom. The van der Waals surface area contributed by atoms with Gasteiger partial charge in [-0.2, -0.15) is 0 Å². The van der Waals surface area contributed by atoms with Crippen LogP contribution in [-0.2, 0) is 0 Å². The zero-order valence-corrected chi connectivity index (χ0v) is 28.8. The summed E-state index contributed by atoms with van der Waals surface area (Å²) in [4.78, 5) is 2.29. The third-order valence-electron chi connectivity index (χ3n) is 10.1. The maximum Gasteiger partial charge on any atom is 0.135 e. The molecule has 0 spiro atoms. The number of rotatable bonds is 7. The van der Waals surface area contributed by atoms with E-state index in [0.29, 0.717) is 0 Å². The highest BCUT2D eigenvalue weighted by Gasteiger charge is 2.16. The van der Waals surface area contributed by atoms with Gasteiger partial charge in [0.05, 0.1) is 0 Å². The van der Waals surface area contributed by atoms with Gasteiger partial charge in [-0.15, -0.1) is 0 Å². The zero-order chi connectivity index (χ0) is 35.1. The van der Waals surface area contributed by atoms with Crippen molar-refractivity contribution < 1.29 is 8.83 Å². The molecule has 0 aliphatic carbocycles. The molecule has 0 fully saturated rings. The highest BCUT2D eigenvalue weighted by atomic mass is 16.3. The van der Waals surface area contributed by atoms with Crippen molar-refractivity contribution in [3.8, 4) is 44.9 Å². The maximum absolute atomic E-state index is 6.18. The lowest BCUT2D eigenvalue weighted by Gasteiger charge is -2.26. The van der Waals surface area contributed by atoms with Crippen LogP contribution in [0.4, 0.5) is 17.1 Å². The molecule has 0 N–H and O–H groups in total. The lowest BCUT2D eigenvalue weighted by molar-refractivity contribution is 0.631. The molecule has 0 saturated heterocycles. The molecule has 3 heteroatoms. The number of fused-ring (bicyclic) bond motifs is 3. The Morgan fingerprint density at radius 2 is 0.623 bits per heavy atom. The second-order valence-corrected chi connectivity index (χ2v) is 13.4. The van der Waals surface area contributed by atoms with E-state index in [4.69, 9.17) is 8.83 Å². The van der Waals surface area contributed by atoms with Gasteiger partial charge in [-0.1, -0.05) is 109 Å². The summed E-state index contributed by atoms with van der Waals surface area (Å²) >= 11 is 0. The molecule has 250 valence electrons. The smallest absolute Gasteiger partial charge is 0.135 e. The van der Waals surface area contributed by atoms with Crippen molar-refractivity contribution in [1.82, 2.24) is 0 Å². The first-order chi connectivity index (χ1) is 26.2. The van der Waals surface area contributed by atoms with E-state index in [2.05, 4.69) is 169 Å². The van der Waals surface area contributed by atoms with E-state index in [1.807, 2.05) is 36.4 Å². The fraction of sp³-hybridized carbons (Fsp3) is 0. The molecule has 0 radical (unpaired) electrons. The normalized spacial score (nSPS) is 11.4. The van der Waals surface area contributed by atoms with E-state index < -0.39 is 0 Å². The summed E-state index contributed by atoms with van der Waals surface area (Å²) in [5.74, 6) is 1.71. The van der Waals surface area contributed by atoms with Crippen molar-refractivity contribution >= 4 is 49.8 Å². The van der Waals surface area contributed by atoms with Crippen molar-refractivity contribution in [2.45, 2.75) is 0 Å². The molecule has 0 saturated carbocycles. The number of hydrogen-bond acceptors (Lipinski definition) is 3. The van der Waals surface area contributed by atoms with Crippen LogP contribution in [0.3, 0.4) is 0 Å². The minimum Gasteiger partial charge on any atom is -0.456 e. The summed E-state index contributed by atoms with van der Waals surface area (Å²) in [7, 11) is 0. The summed E-state index contributed by atoms with van der Waals surface area (Å²) in [6.07, 6.45) is 0. The van der Waals surface area contributed by atoms with Gasteiger partial charge in [-0.25, -0.2) is 0 Å². The van der Waals surface area contributed by atoms with E-state index in [0.717, 1.165) is 61.6 Å². The number of nitrogens with zero attached hydrogens (tertiary/aromatic N) is 1. The molecule has 0 aliphatic heterocycles. The second kappa shape index (κ2) is 12.9. The summed E-state index contributed by atoms with van der Waals surface area (Å²) in [6, 6.07) is 70.5. The van der Waals surface area contributed by atoms with Gasteiger partial charge in [0, 0.05) is 39.0 Å². The van der Waals surface area contributed by atoms with Crippen molar-refractivity contribution in [2.75, 3.05) is 4.90 Å². The summed E-state index contributed by atoms with van der Waals surface area (Å²) < 4.78 is 12.4. The van der Waals surface area contributed by atoms with Crippen molar-refractivity contribution in [1.29, 1.82) is 0 Å². The Balaban J connectivity index is 0.975. The lowest BCUT2D eigenvalue weighted by Crippen LogP contribution is -2.09. The van der Waals surface area contributed by atoms with Gasteiger partial charge in [0.15, 0.2) is 0 Å². The summed E-state index contributed by atoms with van der Waals surface area (Å²) in [5.41, 5.74) is 11.8. The van der Waals surface area contributed by atoms with E-state index in [1.54, 1.807) is 0 Å². The summed E-state index contributed by atoms with van der Waals surface area (Å²) in [6.45, 7) is 0. The fourth-order valence-corrected chi connectivity index (χ4v) is 7.27. The molecule has 10 aromatic rings. The van der Waals surface area contributed by atoms with E-state index in [1.165, 1.54) is 33.0 Å². The predicted molar refractivity (Wildman–Crippen MR) is 220 cm³/mol. The standard InChI is InChI=1S/C50H33NO2/c1-2-8-40-31-41(18-17-34(40)7-1)37-15-13-35(14-16-37)36-19-25-44(26-20-36)51(45-27-21-38(22-28-45)49-32-42-9-3-5-11-47(42)52-49)46-29-23-39(24-30-46)50-33-43-10-4-6-12-48(43)53-50/h1-33H. The molecule has 0 aliphatic rings. The molecule has 2 aromatic heterocycles. The van der Waals surface area contributed by atoms with Crippen LogP contribution in [0.25, 0.3) is 77.6 Å². The predicted octanol–water partition coefficient (Wildman–Crippen LogP) is 14.5. The highest BCUT2D eigenvalue weighted by molar-refractivity contribution is 5.88. The van der Waals surface area contributed by atoms with E-state index in [-0.39, 0.29) is 0 Å². The lowest BCUT2D eigenvalue weighted by atomic mass is 9.98. The molecule has 8 aromatic carbocycles. The first-order valence-corrected chi connectivity index (χ1v) is 17.9. The highest BCUT2D eigenvalue weighted by Crippen LogP contribution is 2.39. The van der Waals surface area contributed by atoms with Gasteiger partial charge >= 0.3 is 0 Å². The topological polar surface area (TPSA) is 29.5 Å². The molecule has 0 bridgehead atoms. The van der Waals surface area contributed by atoms with Crippen LogP contribution in [0.5, 0.6) is 0 Å². The van der Waals surface area contributed by atoms with Gasteiger partial charge in [0.1, 0.15) is 22.7 Å². The fourth-order valence-electron chi connectivity index (χ4n) is 7.27. The first kappa shape index (κ1) is 30.7. The molecule has 2 heterocycles. The van der Waals surface area contributed by atoms with Gasteiger partial charge < -0.3 is 13.7 Å². The molecule has 0 unspecified atom stereocenters. The number of furan rings is 2. The summed E-state index contributed by atoms with van der Waals surface area (Å²) in [5, 5.41) is 4.70. The monoisotopic (exact) mass is 679 g/mol. The Morgan fingerprint density at radius 3 is 1.09 bits per heavy atom. The number of hydrogen-bond donors (Lipinski definition) is 0. The minimum absolute atomic E-state index is 0.857. The molecular formula is C50H33NO2. The number of para-hydroxylation sites is 2. The van der Waals surface area contributed by atoms with Crippen molar-refractivity contribution in [3.63, 3.8) is 0 Å². The van der Waals surface area contributed by atoms with Gasteiger partial charge in [-0.05, 0) is 124 Å². The van der Waals surface area contributed by atoms with E-state index >= 15 is 0 Å². The second-order valence-electron chi connectivity index (χ2n) is 13.4. The number of anilines is 3. The van der Waals surface area contributed by atoms with E-state index in [9.17, 15) is 0 Å². The molecule has 3 nitrogen and oxygen atoms in total. The molecule has 0 atom stereocenters. The van der Waals surface area contributed by atoms with Gasteiger partial charge in [0.25, 0.3) is 0 Å². The van der Waals surface area contributed by atoms with Crippen LogP contribution in [-0.4, -0.2) is 0 Å². The SMILES string of the molecule is c1ccc2cc(-c3ccc(-c4ccc(N(c5ccc(-c6cc7ccccc7o6)cc5)c5ccc(-c6cc7ccccc7o6)cc5)cc4)cc3)ccc2c1. The third-order valence-corrected chi connectivity index (χ3v) is 10.1. The quantitative estimate of drug-likeness (QED) is 0.168. The zero-order valence-electron chi connectivity index (χ0n) is 28.8. The number of benzene rings is 8. The van der Waals surface area contributed by atoms with Crippen LogP contribution in [0.15, 0.2) is 209 Å². The van der Waals surface area contributed by atoms with Crippen LogP contribution >= 0.6 is 0 Å². The van der Waals surface area contributed by atoms with Crippen LogP contribution in [0.1, 0.15) is 0 Å². The minimum atomic E-state index is 0.857. The first-order valence-electron chi connectivity index (χ1n) is 17.9. The van der Waals surface area contributed by atoms with Crippen molar-refractivity contribution in [3.05, 3.63) is 200 Å². The largest absolute Gasteiger partial charge is 0.456 e. The van der Waals surface area contributed by atoms with Crippen LogP contribution in [0, 0.1) is 0 Å². The third kappa shape index (κ3) is 5.85. The average Bonchev–Trinajstić information content (AvgIpc) is 3.87. The van der Waals surface area contributed by atoms with Crippen molar-refractivity contribution in [2.24, 2.45) is 0 Å². The molecule has 10 rings (SSSR count). The maximum atomic E-state index is 6.18. The Kier molecular flexibility index (Phi) is 7.47. The average molecular weight is 680 g/mol. The van der Waals surface area contributed by atoms with Crippen LogP contribution in [0.2, 0.25) is 0 Å². The molecule has 0 amide bonds. The van der Waals surface area contributed by atoms with Gasteiger partial charge in [0.2, 0.25) is 0 Å². The Hall–Kier alpha value is -7.10. The molecular weight excluding hydrogens is 647 g/mol. The van der Waals surface area contributed by atoms with Crippen LogP contribution < -0.4 is 4.90 Å². The van der Waals surface area contributed by atoms with Gasteiger partial charge in [-0.3, -0.25) is 0 Å². The Labute approximate surface area is 307 Å².